The Hall–Kier alpha value is -2.59. The Morgan fingerprint density at radius 1 is 1.08 bits per heavy atom. The maximum absolute atomic E-state index is 12.6. The molecule has 0 saturated heterocycles. The molecule has 1 amide bonds. The summed E-state index contributed by atoms with van der Waals surface area (Å²) in [7, 11) is 4.15. The topological polar surface area (TPSA) is 37.3 Å². The van der Waals surface area contributed by atoms with Crippen LogP contribution in [0.1, 0.15) is 21.5 Å². The lowest BCUT2D eigenvalue weighted by Crippen LogP contribution is -2.17. The number of amides is 1. The van der Waals surface area contributed by atoms with Crippen LogP contribution in [-0.2, 0) is 6.54 Å². The molecule has 0 bridgehead atoms. The maximum atomic E-state index is 12.6. The number of benzene rings is 2. The number of rotatable bonds is 5. The first-order valence-electron chi connectivity index (χ1n) is 8.56. The van der Waals surface area contributed by atoms with Gasteiger partial charge in [0.15, 0.2) is 0 Å². The van der Waals surface area contributed by atoms with Gasteiger partial charge in [-0.15, -0.1) is 0 Å². The first-order valence-corrected chi connectivity index (χ1v) is 8.56. The molecule has 0 aliphatic heterocycles. The van der Waals surface area contributed by atoms with Gasteiger partial charge in [0, 0.05) is 41.4 Å². The van der Waals surface area contributed by atoms with Crippen molar-refractivity contribution in [3.05, 3.63) is 65.4 Å². The van der Waals surface area contributed by atoms with Crippen molar-refractivity contribution < 1.29 is 4.79 Å². The number of hydrogen-bond acceptors (Lipinski definition) is 2. The lowest BCUT2D eigenvalue weighted by Gasteiger charge is -2.12. The van der Waals surface area contributed by atoms with E-state index < -0.39 is 0 Å². The summed E-state index contributed by atoms with van der Waals surface area (Å²) in [5.41, 5.74) is 4.81. The average molecular weight is 335 g/mol. The fourth-order valence-electron chi connectivity index (χ4n) is 2.96. The van der Waals surface area contributed by atoms with Crippen molar-refractivity contribution in [2.24, 2.45) is 0 Å². The Labute approximate surface area is 149 Å². The summed E-state index contributed by atoms with van der Waals surface area (Å²) in [5.74, 6) is -0.0624. The molecule has 0 aliphatic carbocycles. The number of likely N-dealkylation sites (N-methyl/N-ethyl adjacent to an activating group) is 1. The van der Waals surface area contributed by atoms with Gasteiger partial charge in [-0.3, -0.25) is 4.79 Å². The molecule has 4 heteroatoms. The van der Waals surface area contributed by atoms with E-state index >= 15 is 0 Å². The molecular formula is C21H25N3O. The molecule has 0 unspecified atom stereocenters. The molecule has 1 N–H and O–H groups in total. The second-order valence-corrected chi connectivity index (χ2v) is 6.86. The van der Waals surface area contributed by atoms with Crippen molar-refractivity contribution >= 4 is 22.5 Å². The van der Waals surface area contributed by atoms with Gasteiger partial charge >= 0.3 is 0 Å². The summed E-state index contributed by atoms with van der Waals surface area (Å²) >= 11 is 0. The van der Waals surface area contributed by atoms with E-state index in [1.54, 1.807) is 0 Å². The van der Waals surface area contributed by atoms with Crippen LogP contribution >= 0.6 is 0 Å². The van der Waals surface area contributed by atoms with E-state index in [4.69, 9.17) is 0 Å². The van der Waals surface area contributed by atoms with Crippen LogP contribution < -0.4 is 5.32 Å². The van der Waals surface area contributed by atoms with Gasteiger partial charge in [-0.2, -0.15) is 0 Å². The molecule has 0 fully saturated rings. The number of aromatic nitrogens is 1. The third-order valence-corrected chi connectivity index (χ3v) is 4.45. The van der Waals surface area contributed by atoms with E-state index in [1.165, 1.54) is 5.52 Å². The standard InChI is InChI=1S/C21H25N3O/c1-15-5-6-16(2)19(13-15)21(25)22-18-7-8-20-17(14-18)9-10-24(20)12-11-23(3)4/h5-10,13-14H,11-12H2,1-4H3,(H,22,25). The second-order valence-electron chi connectivity index (χ2n) is 6.86. The highest BCUT2D eigenvalue weighted by molar-refractivity contribution is 6.06. The summed E-state index contributed by atoms with van der Waals surface area (Å²) in [4.78, 5) is 14.8. The Balaban J connectivity index is 1.80. The molecule has 2 aromatic carbocycles. The molecule has 0 atom stereocenters. The Bertz CT molecular complexity index is 909. The lowest BCUT2D eigenvalue weighted by atomic mass is 10.0. The highest BCUT2D eigenvalue weighted by Gasteiger charge is 2.10. The first kappa shape index (κ1) is 17.2. The summed E-state index contributed by atoms with van der Waals surface area (Å²) in [6.45, 7) is 5.90. The number of hydrogen-bond donors (Lipinski definition) is 1. The van der Waals surface area contributed by atoms with Gasteiger partial charge in [-0.1, -0.05) is 17.7 Å². The van der Waals surface area contributed by atoms with Crippen molar-refractivity contribution in [2.75, 3.05) is 26.0 Å². The largest absolute Gasteiger partial charge is 0.346 e. The molecule has 0 aliphatic rings. The molecule has 1 aromatic heterocycles. The van der Waals surface area contributed by atoms with Gasteiger partial charge < -0.3 is 14.8 Å². The summed E-state index contributed by atoms with van der Waals surface area (Å²) in [5, 5.41) is 4.16. The molecule has 130 valence electrons. The highest BCUT2D eigenvalue weighted by Crippen LogP contribution is 2.22. The van der Waals surface area contributed by atoms with Crippen LogP contribution in [0.5, 0.6) is 0 Å². The average Bonchev–Trinajstić information content (AvgIpc) is 2.97. The summed E-state index contributed by atoms with van der Waals surface area (Å²) < 4.78 is 2.24. The Morgan fingerprint density at radius 3 is 2.64 bits per heavy atom. The molecular weight excluding hydrogens is 310 g/mol. The van der Waals surface area contributed by atoms with Crippen molar-refractivity contribution in [1.82, 2.24) is 9.47 Å². The minimum atomic E-state index is -0.0624. The van der Waals surface area contributed by atoms with Crippen LogP contribution in [0.4, 0.5) is 5.69 Å². The van der Waals surface area contributed by atoms with Crippen molar-refractivity contribution in [1.29, 1.82) is 0 Å². The number of aryl methyl sites for hydroxylation is 2. The van der Waals surface area contributed by atoms with Crippen LogP contribution in [0, 0.1) is 13.8 Å². The van der Waals surface area contributed by atoms with Crippen LogP contribution in [0.3, 0.4) is 0 Å². The predicted octanol–water partition coefficient (Wildman–Crippen LogP) is 4.07. The molecule has 0 saturated carbocycles. The number of carbonyl (C=O) groups is 1. The molecule has 0 spiro atoms. The van der Waals surface area contributed by atoms with E-state index in [9.17, 15) is 4.79 Å². The quantitative estimate of drug-likeness (QED) is 0.763. The number of anilines is 1. The minimum absolute atomic E-state index is 0.0624. The zero-order chi connectivity index (χ0) is 18.0. The van der Waals surface area contributed by atoms with Gasteiger partial charge in [0.05, 0.1) is 0 Å². The maximum Gasteiger partial charge on any atom is 0.255 e. The third kappa shape index (κ3) is 3.91. The molecule has 3 aromatic rings. The zero-order valence-electron chi connectivity index (χ0n) is 15.3. The van der Waals surface area contributed by atoms with Crippen molar-refractivity contribution in [3.63, 3.8) is 0 Å². The molecule has 3 rings (SSSR count). The predicted molar refractivity (Wildman–Crippen MR) is 104 cm³/mol. The van der Waals surface area contributed by atoms with Crippen LogP contribution in [0.2, 0.25) is 0 Å². The number of nitrogens with one attached hydrogen (secondary N) is 1. The van der Waals surface area contributed by atoms with Crippen molar-refractivity contribution in [2.45, 2.75) is 20.4 Å². The van der Waals surface area contributed by atoms with Gasteiger partial charge in [-0.05, 0) is 63.8 Å². The van der Waals surface area contributed by atoms with Gasteiger partial charge in [0.1, 0.15) is 0 Å². The zero-order valence-corrected chi connectivity index (χ0v) is 15.3. The van der Waals surface area contributed by atoms with Crippen LogP contribution in [-0.4, -0.2) is 36.0 Å². The molecule has 0 radical (unpaired) electrons. The Kier molecular flexibility index (Phi) is 4.91. The van der Waals surface area contributed by atoms with E-state index in [2.05, 4.69) is 47.2 Å². The highest BCUT2D eigenvalue weighted by atomic mass is 16.1. The van der Waals surface area contributed by atoms with Gasteiger partial charge in [0.25, 0.3) is 5.91 Å². The van der Waals surface area contributed by atoms with E-state index in [1.807, 2.05) is 44.2 Å². The number of fused-ring (bicyclic) bond motifs is 1. The van der Waals surface area contributed by atoms with Gasteiger partial charge in [-0.25, -0.2) is 0 Å². The van der Waals surface area contributed by atoms with E-state index in [0.29, 0.717) is 0 Å². The SMILES string of the molecule is Cc1ccc(C)c(C(=O)Nc2ccc3c(ccn3CCN(C)C)c2)c1. The minimum Gasteiger partial charge on any atom is -0.346 e. The molecule has 1 heterocycles. The molecule has 25 heavy (non-hydrogen) atoms. The Morgan fingerprint density at radius 2 is 1.88 bits per heavy atom. The lowest BCUT2D eigenvalue weighted by molar-refractivity contribution is 0.102. The number of nitrogens with zero attached hydrogens (tertiary/aromatic N) is 2. The smallest absolute Gasteiger partial charge is 0.255 e. The number of carbonyl (C=O) groups excluding carboxylic acids is 1. The van der Waals surface area contributed by atoms with E-state index in [-0.39, 0.29) is 5.91 Å². The first-order chi connectivity index (χ1) is 11.9. The summed E-state index contributed by atoms with van der Waals surface area (Å²) in [6, 6.07) is 14.1. The second kappa shape index (κ2) is 7.11. The fourth-order valence-corrected chi connectivity index (χ4v) is 2.96. The fraction of sp³-hybridized carbons (Fsp3) is 0.286. The van der Waals surface area contributed by atoms with Crippen LogP contribution in [0.25, 0.3) is 10.9 Å². The normalized spacial score (nSPS) is 11.2. The monoisotopic (exact) mass is 335 g/mol. The van der Waals surface area contributed by atoms with Crippen molar-refractivity contribution in [3.8, 4) is 0 Å². The summed E-state index contributed by atoms with van der Waals surface area (Å²) in [6.07, 6.45) is 2.10. The van der Waals surface area contributed by atoms with E-state index in [0.717, 1.165) is 40.9 Å². The van der Waals surface area contributed by atoms with Crippen LogP contribution in [0.15, 0.2) is 48.7 Å². The third-order valence-electron chi connectivity index (χ3n) is 4.45. The molecule has 4 nitrogen and oxygen atoms in total. The van der Waals surface area contributed by atoms with Gasteiger partial charge in [0.2, 0.25) is 0 Å².